The molecular formula is C25H30N7O16P2+. The topological polar surface area (TPSA) is 330 Å². The number of anilines is 1. The lowest BCUT2D eigenvalue weighted by atomic mass is 10.1. The van der Waals surface area contributed by atoms with Gasteiger partial charge in [-0.25, -0.2) is 29.0 Å². The van der Waals surface area contributed by atoms with E-state index in [2.05, 4.69) is 19.3 Å². The Kier molecular flexibility index (Phi) is 9.98. The number of rotatable bonds is 12. The Morgan fingerprint density at radius 1 is 0.940 bits per heavy atom. The van der Waals surface area contributed by atoms with Crippen LogP contribution in [0, 0.1) is 0 Å². The molecule has 2 unspecified atom stereocenters. The first-order chi connectivity index (χ1) is 23.6. The summed E-state index contributed by atoms with van der Waals surface area (Å²) in [5.74, 6) is -1.87. The predicted octanol–water partition coefficient (Wildman–Crippen LogP) is -2.94. The summed E-state index contributed by atoms with van der Waals surface area (Å²) >= 11 is 0. The molecule has 0 aromatic carbocycles. The van der Waals surface area contributed by atoms with E-state index in [-0.39, 0.29) is 35.4 Å². The quantitative estimate of drug-likeness (QED) is 0.0553. The van der Waals surface area contributed by atoms with Gasteiger partial charge in [0.05, 0.1) is 19.5 Å². The smallest absolute Gasteiger partial charge is 0.387 e. The Morgan fingerprint density at radius 3 is 2.20 bits per heavy atom. The van der Waals surface area contributed by atoms with Crippen LogP contribution in [0.1, 0.15) is 35.7 Å². The van der Waals surface area contributed by atoms with Crippen LogP contribution in [0.15, 0.2) is 37.2 Å². The first-order valence-corrected chi connectivity index (χ1v) is 17.6. The minimum Gasteiger partial charge on any atom is -0.387 e. The van der Waals surface area contributed by atoms with E-state index in [1.54, 1.807) is 0 Å². The van der Waals surface area contributed by atoms with Gasteiger partial charge in [0.2, 0.25) is 11.8 Å². The summed E-state index contributed by atoms with van der Waals surface area (Å²) in [6.07, 6.45) is -7.64. The maximum absolute atomic E-state index is 12.6. The van der Waals surface area contributed by atoms with Crippen LogP contribution in [0.2, 0.25) is 0 Å². The molecule has 0 bridgehead atoms. The molecule has 3 aliphatic rings. The van der Waals surface area contributed by atoms with Crippen molar-refractivity contribution in [3.63, 3.8) is 0 Å². The Hall–Kier alpha value is -3.67. The van der Waals surface area contributed by atoms with E-state index in [4.69, 9.17) is 24.3 Å². The summed E-state index contributed by atoms with van der Waals surface area (Å²) in [5, 5.41) is 42.1. The number of phosphoric ester groups is 2. The minimum atomic E-state index is -5.45. The molecule has 6 heterocycles. The van der Waals surface area contributed by atoms with Crippen molar-refractivity contribution in [3.8, 4) is 0 Å². The Bertz CT molecular complexity index is 1900. The van der Waals surface area contributed by atoms with Gasteiger partial charge in [0.15, 0.2) is 41.7 Å². The van der Waals surface area contributed by atoms with Crippen LogP contribution >= 0.6 is 15.6 Å². The second-order valence-corrected chi connectivity index (χ2v) is 14.3. The summed E-state index contributed by atoms with van der Waals surface area (Å²) in [4.78, 5) is 69.2. The Balaban J connectivity index is 1.05. The van der Waals surface area contributed by atoms with Gasteiger partial charge in [-0.15, -0.1) is 0 Å². The number of imide groups is 1. The zero-order valence-electron chi connectivity index (χ0n) is 25.3. The van der Waals surface area contributed by atoms with Gasteiger partial charge in [-0.1, -0.05) is 0 Å². The van der Waals surface area contributed by atoms with Gasteiger partial charge in [0.25, 0.3) is 12.1 Å². The molecule has 3 aliphatic heterocycles. The highest BCUT2D eigenvalue weighted by Gasteiger charge is 2.50. The molecule has 25 heteroatoms. The van der Waals surface area contributed by atoms with Crippen LogP contribution in [0.4, 0.5) is 5.82 Å². The van der Waals surface area contributed by atoms with E-state index in [0.717, 1.165) is 22.1 Å². The van der Waals surface area contributed by atoms with Crippen LogP contribution in [-0.4, -0.2) is 117 Å². The SMILES string of the molecule is NC(=O)c1ccc[n+]([C@@H]2O[C@H](COP(=O)(O)OP(=O)(O)OC[C@H]3O[C@@H](n4cnc5c(N6C(=O)CCC6=O)ncnc54)[C@H](O)[C@@H]3O)[C@@H](O)[C@H]2O)c1. The molecule has 0 spiro atoms. The average Bonchev–Trinajstić information content (AvgIpc) is 3.79. The third-order valence-corrected chi connectivity index (χ3v) is 10.6. The van der Waals surface area contributed by atoms with Crippen molar-refractivity contribution in [3.05, 3.63) is 42.7 Å². The van der Waals surface area contributed by atoms with Gasteiger partial charge in [-0.05, 0) is 6.07 Å². The molecule has 50 heavy (non-hydrogen) atoms. The Morgan fingerprint density at radius 2 is 1.56 bits per heavy atom. The molecule has 10 atom stereocenters. The van der Waals surface area contributed by atoms with E-state index in [1.165, 1.54) is 29.1 Å². The third kappa shape index (κ3) is 7.09. The normalized spacial score (nSPS) is 31.0. The lowest BCUT2D eigenvalue weighted by Gasteiger charge is -2.20. The first kappa shape index (κ1) is 36.1. The van der Waals surface area contributed by atoms with Crippen LogP contribution in [-0.2, 0) is 41.6 Å². The maximum atomic E-state index is 12.6. The van der Waals surface area contributed by atoms with Gasteiger partial charge in [0.1, 0.15) is 42.4 Å². The van der Waals surface area contributed by atoms with Crippen LogP contribution in [0.3, 0.4) is 0 Å². The average molecular weight is 746 g/mol. The molecular weight excluding hydrogens is 716 g/mol. The number of hydrogen-bond donors (Lipinski definition) is 7. The van der Waals surface area contributed by atoms with Gasteiger partial charge in [-0.3, -0.25) is 28.0 Å². The van der Waals surface area contributed by atoms with E-state index in [0.29, 0.717) is 0 Å². The van der Waals surface area contributed by atoms with Crippen molar-refractivity contribution in [1.82, 2.24) is 19.5 Å². The highest BCUT2D eigenvalue weighted by atomic mass is 31.3. The van der Waals surface area contributed by atoms with Crippen molar-refractivity contribution < 1.29 is 81.1 Å². The number of pyridine rings is 1. The van der Waals surface area contributed by atoms with Gasteiger partial charge < -0.3 is 45.4 Å². The largest absolute Gasteiger partial charge is 0.481 e. The number of ether oxygens (including phenoxy) is 2. The number of carbonyl (C=O) groups excluding carboxylic acids is 3. The van der Waals surface area contributed by atoms with E-state index in [9.17, 15) is 53.7 Å². The molecule has 8 N–H and O–H groups in total. The van der Waals surface area contributed by atoms with Crippen molar-refractivity contribution >= 4 is 50.3 Å². The van der Waals surface area contributed by atoms with Crippen molar-refractivity contribution in [2.45, 2.75) is 61.9 Å². The van der Waals surface area contributed by atoms with Gasteiger partial charge in [0, 0.05) is 18.9 Å². The molecule has 3 amide bonds. The molecule has 3 saturated heterocycles. The number of phosphoric acid groups is 2. The number of aromatic nitrogens is 5. The second-order valence-electron chi connectivity index (χ2n) is 11.3. The second kappa shape index (κ2) is 13.8. The summed E-state index contributed by atoms with van der Waals surface area (Å²) in [6.45, 7) is -1.90. The fraction of sp³-hybridized carbons (Fsp3) is 0.480. The van der Waals surface area contributed by atoms with Crippen LogP contribution in [0.5, 0.6) is 0 Å². The van der Waals surface area contributed by atoms with E-state index < -0.39 is 95.7 Å². The van der Waals surface area contributed by atoms with Gasteiger partial charge >= 0.3 is 15.6 Å². The van der Waals surface area contributed by atoms with E-state index in [1.807, 2.05) is 0 Å². The lowest BCUT2D eigenvalue weighted by Crippen LogP contribution is -2.46. The zero-order valence-corrected chi connectivity index (χ0v) is 27.1. The number of aliphatic hydroxyl groups is 4. The number of imidazole rings is 1. The number of hydrogen-bond acceptors (Lipinski definition) is 17. The Labute approximate surface area is 279 Å². The number of fused-ring (bicyclic) bond motifs is 1. The molecule has 23 nitrogen and oxygen atoms in total. The number of aliphatic hydroxyl groups excluding tert-OH is 4. The summed E-state index contributed by atoms with van der Waals surface area (Å²) in [5.41, 5.74) is 5.31. The number of amides is 3. The molecule has 0 saturated carbocycles. The van der Waals surface area contributed by atoms with Crippen LogP contribution < -0.4 is 15.2 Å². The molecule has 0 radical (unpaired) electrons. The number of primary amides is 1. The van der Waals surface area contributed by atoms with Crippen molar-refractivity contribution in [2.75, 3.05) is 18.1 Å². The zero-order chi connectivity index (χ0) is 36.1. The maximum Gasteiger partial charge on any atom is 0.481 e. The third-order valence-electron chi connectivity index (χ3n) is 7.96. The lowest BCUT2D eigenvalue weighted by molar-refractivity contribution is -0.765. The first-order valence-electron chi connectivity index (χ1n) is 14.6. The standard InChI is InChI=1S/C25H29N7O16P2/c26-21(39)11-2-1-5-30(6-11)24-19(37)17(35)12(46-24)7-44-49(40,41)48-50(42,43)45-8-13-18(36)20(38)25(47-13)31-10-29-16-22(31)27-9-28-23(16)32-14(33)3-4-15(32)34/h1-2,5-6,9-10,12-13,17-20,24-25,35-38H,3-4,7-8H2,(H3-,26,39,40,41,42,43)/p+1/t12-,13-,17-,18-,19-,20-,24-,25-/m1/s1. The van der Waals surface area contributed by atoms with Crippen molar-refractivity contribution in [2.24, 2.45) is 5.73 Å². The van der Waals surface area contributed by atoms with E-state index >= 15 is 0 Å². The molecule has 270 valence electrons. The fourth-order valence-electron chi connectivity index (χ4n) is 5.52. The predicted molar refractivity (Wildman–Crippen MR) is 157 cm³/mol. The molecule has 3 aromatic heterocycles. The molecule has 3 aromatic rings. The number of nitrogens with zero attached hydrogens (tertiary/aromatic N) is 6. The summed E-state index contributed by atoms with van der Waals surface area (Å²) in [6, 6.07) is 2.81. The molecule has 3 fully saturated rings. The molecule has 0 aliphatic carbocycles. The molecule has 6 rings (SSSR count). The van der Waals surface area contributed by atoms with Crippen molar-refractivity contribution in [1.29, 1.82) is 0 Å². The van der Waals surface area contributed by atoms with Gasteiger partial charge in [-0.2, -0.15) is 8.88 Å². The monoisotopic (exact) mass is 746 g/mol. The minimum absolute atomic E-state index is 0.00261. The summed E-state index contributed by atoms with van der Waals surface area (Å²) in [7, 11) is -10.9. The fourth-order valence-corrected chi connectivity index (χ4v) is 7.61. The highest BCUT2D eigenvalue weighted by Crippen LogP contribution is 2.60. The number of carbonyl (C=O) groups is 3. The number of nitrogens with two attached hydrogens (primary N) is 1. The van der Waals surface area contributed by atoms with Crippen LogP contribution in [0.25, 0.3) is 11.2 Å². The summed E-state index contributed by atoms with van der Waals surface area (Å²) < 4.78 is 52.3. The highest BCUT2D eigenvalue weighted by molar-refractivity contribution is 7.61.